The van der Waals surface area contributed by atoms with Gasteiger partial charge in [0.2, 0.25) is 0 Å². The van der Waals surface area contributed by atoms with Crippen molar-refractivity contribution in [2.75, 3.05) is 32.8 Å². The van der Waals surface area contributed by atoms with E-state index < -0.39 is 0 Å². The Balaban J connectivity index is 1.56. The van der Waals surface area contributed by atoms with Crippen molar-refractivity contribution >= 4 is 5.96 Å². The van der Waals surface area contributed by atoms with E-state index in [1.165, 1.54) is 18.4 Å². The minimum absolute atomic E-state index is 0.677. The summed E-state index contributed by atoms with van der Waals surface area (Å²) < 4.78 is 5.30. The Morgan fingerprint density at radius 3 is 2.60 bits per heavy atom. The molecule has 0 bridgehead atoms. The summed E-state index contributed by atoms with van der Waals surface area (Å²) in [5.74, 6) is 0.677. The minimum atomic E-state index is 0.677. The van der Waals surface area contributed by atoms with Crippen molar-refractivity contribution in [3.63, 3.8) is 0 Å². The van der Waals surface area contributed by atoms with Crippen LogP contribution < -0.4 is 5.73 Å². The van der Waals surface area contributed by atoms with E-state index >= 15 is 0 Å². The number of benzene rings is 1. The van der Waals surface area contributed by atoms with Crippen LogP contribution in [-0.4, -0.2) is 43.7 Å². The molecule has 2 N–H and O–H groups in total. The van der Waals surface area contributed by atoms with E-state index in [1.54, 1.807) is 0 Å². The van der Waals surface area contributed by atoms with Gasteiger partial charge >= 0.3 is 0 Å². The Morgan fingerprint density at radius 2 is 1.85 bits per heavy atom. The maximum atomic E-state index is 5.97. The maximum absolute atomic E-state index is 5.97. The summed E-state index contributed by atoms with van der Waals surface area (Å²) in [6, 6.07) is 10.6. The standard InChI is InChI=1S/C16H25N3O/c17-16(19-11-13-20-14-12-19)18-10-6-2-5-9-15-7-3-1-4-8-15/h1,3-4,7-8H,2,5-6,9-14H2,(H2,17,18). The van der Waals surface area contributed by atoms with Gasteiger partial charge in [-0.2, -0.15) is 0 Å². The van der Waals surface area contributed by atoms with Crippen molar-refractivity contribution in [1.29, 1.82) is 0 Å². The highest BCUT2D eigenvalue weighted by Gasteiger charge is 2.11. The fourth-order valence-corrected chi connectivity index (χ4v) is 2.35. The molecule has 0 aliphatic carbocycles. The number of ether oxygens (including phenoxy) is 1. The highest BCUT2D eigenvalue weighted by molar-refractivity contribution is 5.78. The SMILES string of the molecule is NC(=NCCCCCc1ccccc1)N1CCOCC1. The normalized spacial score (nSPS) is 16.4. The summed E-state index contributed by atoms with van der Waals surface area (Å²) in [6.45, 7) is 4.07. The van der Waals surface area contributed by atoms with Crippen molar-refractivity contribution < 1.29 is 4.74 Å². The van der Waals surface area contributed by atoms with Crippen LogP contribution in [0.2, 0.25) is 0 Å². The first-order valence-electron chi connectivity index (χ1n) is 7.53. The number of aliphatic imine (C=N–C) groups is 1. The molecule has 0 saturated carbocycles. The molecule has 4 nitrogen and oxygen atoms in total. The topological polar surface area (TPSA) is 50.8 Å². The van der Waals surface area contributed by atoms with Crippen LogP contribution in [0.5, 0.6) is 0 Å². The van der Waals surface area contributed by atoms with Crippen LogP contribution in [0, 0.1) is 0 Å². The third-order valence-electron chi connectivity index (χ3n) is 3.58. The molecule has 20 heavy (non-hydrogen) atoms. The number of nitrogens with zero attached hydrogens (tertiary/aromatic N) is 2. The Morgan fingerprint density at radius 1 is 1.10 bits per heavy atom. The second-order valence-corrected chi connectivity index (χ2v) is 5.14. The van der Waals surface area contributed by atoms with Crippen molar-refractivity contribution in [2.24, 2.45) is 10.7 Å². The smallest absolute Gasteiger partial charge is 0.191 e. The molecule has 1 aromatic rings. The number of rotatable bonds is 6. The van der Waals surface area contributed by atoms with Crippen LogP contribution in [0.15, 0.2) is 35.3 Å². The van der Waals surface area contributed by atoms with E-state index in [4.69, 9.17) is 10.5 Å². The molecular weight excluding hydrogens is 250 g/mol. The first-order chi connectivity index (χ1) is 9.86. The van der Waals surface area contributed by atoms with Gasteiger partial charge in [0.05, 0.1) is 13.2 Å². The minimum Gasteiger partial charge on any atom is -0.378 e. The van der Waals surface area contributed by atoms with Gasteiger partial charge in [0.1, 0.15) is 0 Å². The summed E-state index contributed by atoms with van der Waals surface area (Å²) >= 11 is 0. The maximum Gasteiger partial charge on any atom is 0.191 e. The molecule has 0 aromatic heterocycles. The number of hydrogen-bond acceptors (Lipinski definition) is 2. The van der Waals surface area contributed by atoms with Crippen LogP contribution in [0.25, 0.3) is 0 Å². The number of unbranched alkanes of at least 4 members (excludes halogenated alkanes) is 2. The van der Waals surface area contributed by atoms with E-state index in [1.807, 2.05) is 0 Å². The molecular formula is C16H25N3O. The zero-order chi connectivity index (χ0) is 14.0. The van der Waals surface area contributed by atoms with Crippen LogP contribution >= 0.6 is 0 Å². The molecule has 4 heteroatoms. The van der Waals surface area contributed by atoms with Gasteiger partial charge in [-0.25, -0.2) is 0 Å². The van der Waals surface area contributed by atoms with Crippen LogP contribution in [0.3, 0.4) is 0 Å². The molecule has 0 unspecified atom stereocenters. The molecule has 1 fully saturated rings. The van der Waals surface area contributed by atoms with Gasteiger partial charge in [0.15, 0.2) is 5.96 Å². The van der Waals surface area contributed by atoms with E-state index in [2.05, 4.69) is 40.2 Å². The molecule has 0 amide bonds. The predicted octanol–water partition coefficient (Wildman–Crippen LogP) is 2.05. The summed E-state index contributed by atoms with van der Waals surface area (Å²) in [5, 5.41) is 0. The van der Waals surface area contributed by atoms with Gasteiger partial charge in [-0.3, -0.25) is 4.99 Å². The van der Waals surface area contributed by atoms with Crippen molar-refractivity contribution in [3.05, 3.63) is 35.9 Å². The molecule has 1 heterocycles. The lowest BCUT2D eigenvalue weighted by Gasteiger charge is -2.27. The average molecular weight is 275 g/mol. The zero-order valence-corrected chi connectivity index (χ0v) is 12.1. The highest BCUT2D eigenvalue weighted by Crippen LogP contribution is 2.06. The van der Waals surface area contributed by atoms with Gasteiger partial charge in [0.25, 0.3) is 0 Å². The number of morpholine rings is 1. The highest BCUT2D eigenvalue weighted by atomic mass is 16.5. The molecule has 0 atom stereocenters. The number of guanidine groups is 1. The second kappa shape index (κ2) is 8.59. The second-order valence-electron chi connectivity index (χ2n) is 5.14. The lowest BCUT2D eigenvalue weighted by Crippen LogP contribution is -2.44. The molecule has 110 valence electrons. The summed E-state index contributed by atoms with van der Waals surface area (Å²) in [6.07, 6.45) is 4.69. The third-order valence-corrected chi connectivity index (χ3v) is 3.58. The quantitative estimate of drug-likeness (QED) is 0.491. The lowest BCUT2D eigenvalue weighted by molar-refractivity contribution is 0.0674. The van der Waals surface area contributed by atoms with Crippen molar-refractivity contribution in [1.82, 2.24) is 4.90 Å². The van der Waals surface area contributed by atoms with Gasteiger partial charge in [-0.1, -0.05) is 36.8 Å². The fraction of sp³-hybridized carbons (Fsp3) is 0.562. The van der Waals surface area contributed by atoms with Gasteiger partial charge in [-0.15, -0.1) is 0 Å². The van der Waals surface area contributed by atoms with Crippen LogP contribution in [-0.2, 0) is 11.2 Å². The summed E-state index contributed by atoms with van der Waals surface area (Å²) in [7, 11) is 0. The number of nitrogens with two attached hydrogens (primary N) is 1. The molecule has 1 aliphatic heterocycles. The summed E-state index contributed by atoms with van der Waals surface area (Å²) in [4.78, 5) is 6.56. The molecule has 0 spiro atoms. The van der Waals surface area contributed by atoms with E-state index in [0.717, 1.165) is 45.7 Å². The lowest BCUT2D eigenvalue weighted by atomic mass is 10.1. The van der Waals surface area contributed by atoms with Crippen LogP contribution in [0.1, 0.15) is 24.8 Å². The zero-order valence-electron chi connectivity index (χ0n) is 12.1. The third kappa shape index (κ3) is 5.21. The molecule has 1 aromatic carbocycles. The molecule has 1 saturated heterocycles. The van der Waals surface area contributed by atoms with Crippen LogP contribution in [0.4, 0.5) is 0 Å². The van der Waals surface area contributed by atoms with Gasteiger partial charge in [0, 0.05) is 19.6 Å². The molecule has 0 radical (unpaired) electrons. The van der Waals surface area contributed by atoms with Gasteiger partial charge < -0.3 is 15.4 Å². The monoisotopic (exact) mass is 275 g/mol. The Kier molecular flexibility index (Phi) is 6.38. The molecule has 2 rings (SSSR count). The summed E-state index contributed by atoms with van der Waals surface area (Å²) in [5.41, 5.74) is 7.39. The average Bonchev–Trinajstić information content (AvgIpc) is 2.52. The van der Waals surface area contributed by atoms with E-state index in [-0.39, 0.29) is 0 Å². The van der Waals surface area contributed by atoms with E-state index in [0.29, 0.717) is 5.96 Å². The largest absolute Gasteiger partial charge is 0.378 e. The fourth-order valence-electron chi connectivity index (χ4n) is 2.35. The number of hydrogen-bond donors (Lipinski definition) is 1. The first-order valence-corrected chi connectivity index (χ1v) is 7.53. The van der Waals surface area contributed by atoms with Crippen molar-refractivity contribution in [2.45, 2.75) is 25.7 Å². The van der Waals surface area contributed by atoms with Gasteiger partial charge in [-0.05, 0) is 24.8 Å². The van der Waals surface area contributed by atoms with E-state index in [9.17, 15) is 0 Å². The Bertz CT molecular complexity index is 399. The first kappa shape index (κ1) is 14.9. The Hall–Kier alpha value is -1.55. The Labute approximate surface area is 121 Å². The predicted molar refractivity (Wildman–Crippen MR) is 82.9 cm³/mol. The number of aryl methyl sites for hydroxylation is 1. The molecule has 1 aliphatic rings. The van der Waals surface area contributed by atoms with Crippen molar-refractivity contribution in [3.8, 4) is 0 Å².